The van der Waals surface area contributed by atoms with Crippen LogP contribution in [0.2, 0.25) is 0 Å². The Morgan fingerprint density at radius 2 is 2.40 bits per heavy atom. The van der Waals surface area contributed by atoms with Crippen molar-refractivity contribution in [3.8, 4) is 0 Å². The summed E-state index contributed by atoms with van der Waals surface area (Å²) in [5.74, 6) is -0.319. The number of hydrogen-bond acceptors (Lipinski definition) is 4. The highest BCUT2D eigenvalue weighted by Gasteiger charge is 2.29. The van der Waals surface area contributed by atoms with E-state index < -0.39 is 0 Å². The van der Waals surface area contributed by atoms with E-state index in [0.29, 0.717) is 10.6 Å². The third-order valence-corrected chi connectivity index (χ3v) is 2.61. The molecule has 1 aliphatic heterocycles. The second-order valence-electron chi connectivity index (χ2n) is 2.04. The fraction of sp³-hybridized carbons (Fsp3) is 0.500. The molecule has 0 saturated heterocycles. The smallest absolute Gasteiger partial charge is 0.346 e. The minimum absolute atomic E-state index is 0.272. The summed E-state index contributed by atoms with van der Waals surface area (Å²) in [6, 6.07) is 0. The third-order valence-electron chi connectivity index (χ3n) is 1.37. The Kier molecular flexibility index (Phi) is 1.89. The Morgan fingerprint density at radius 1 is 1.80 bits per heavy atom. The van der Waals surface area contributed by atoms with Crippen LogP contribution in [0.15, 0.2) is 10.6 Å². The second kappa shape index (κ2) is 2.54. The van der Waals surface area contributed by atoms with Crippen LogP contribution >= 0.6 is 11.8 Å². The van der Waals surface area contributed by atoms with E-state index in [9.17, 15) is 4.79 Å². The molecular formula is C6H9NO2S. The van der Waals surface area contributed by atoms with Crippen LogP contribution in [0.5, 0.6) is 0 Å². The lowest BCUT2D eigenvalue weighted by Crippen LogP contribution is -2.26. The van der Waals surface area contributed by atoms with E-state index >= 15 is 0 Å². The molecule has 3 nitrogen and oxygen atoms in total. The number of methoxy groups -OCH3 is 1. The molecule has 4 heteroatoms. The third kappa shape index (κ3) is 0.988. The van der Waals surface area contributed by atoms with Crippen molar-refractivity contribution in [2.75, 3.05) is 7.11 Å². The quantitative estimate of drug-likeness (QED) is 0.565. The molecule has 56 valence electrons. The zero-order chi connectivity index (χ0) is 7.72. The average Bonchev–Trinajstić information content (AvgIpc) is 1.98. The number of carbonyl (C=O) groups excluding carboxylic acids is 1. The highest BCUT2D eigenvalue weighted by molar-refractivity contribution is 8.06. The summed E-state index contributed by atoms with van der Waals surface area (Å²) in [5, 5.41) is 0.272. The first-order valence-corrected chi connectivity index (χ1v) is 3.79. The van der Waals surface area contributed by atoms with Crippen LogP contribution in [-0.4, -0.2) is 18.3 Å². The van der Waals surface area contributed by atoms with E-state index in [2.05, 4.69) is 4.74 Å². The fourth-order valence-electron chi connectivity index (χ4n) is 0.693. The number of rotatable bonds is 1. The monoisotopic (exact) mass is 159 g/mol. The van der Waals surface area contributed by atoms with Crippen LogP contribution < -0.4 is 5.73 Å². The van der Waals surface area contributed by atoms with Gasteiger partial charge in [0.15, 0.2) is 0 Å². The highest BCUT2D eigenvalue weighted by atomic mass is 32.2. The van der Waals surface area contributed by atoms with E-state index in [4.69, 9.17) is 5.73 Å². The van der Waals surface area contributed by atoms with Crippen LogP contribution in [0.25, 0.3) is 0 Å². The molecule has 0 radical (unpaired) electrons. The lowest BCUT2D eigenvalue weighted by Gasteiger charge is -2.24. The summed E-state index contributed by atoms with van der Waals surface area (Å²) in [4.78, 5) is 11.3. The van der Waals surface area contributed by atoms with Crippen LogP contribution in [0.1, 0.15) is 6.92 Å². The maximum Gasteiger partial charge on any atom is 0.346 e. The summed E-state index contributed by atoms with van der Waals surface area (Å²) in [7, 11) is 1.35. The van der Waals surface area contributed by atoms with Crippen molar-refractivity contribution in [3.63, 3.8) is 0 Å². The number of carbonyl (C=O) groups is 1. The van der Waals surface area contributed by atoms with E-state index in [-0.39, 0.29) is 11.2 Å². The van der Waals surface area contributed by atoms with Gasteiger partial charge in [0.05, 0.1) is 7.11 Å². The van der Waals surface area contributed by atoms with E-state index in [1.54, 1.807) is 0 Å². The molecule has 0 bridgehead atoms. The van der Waals surface area contributed by atoms with Crippen LogP contribution in [-0.2, 0) is 9.53 Å². The van der Waals surface area contributed by atoms with Gasteiger partial charge in [0, 0.05) is 10.9 Å². The minimum atomic E-state index is -0.319. The molecule has 1 unspecified atom stereocenters. The topological polar surface area (TPSA) is 52.3 Å². The van der Waals surface area contributed by atoms with Crippen molar-refractivity contribution in [3.05, 3.63) is 10.6 Å². The summed E-state index contributed by atoms with van der Waals surface area (Å²) in [6.07, 6.45) is 0. The number of nitrogens with two attached hydrogens (primary N) is 1. The normalized spacial score (nSPS) is 24.0. The Morgan fingerprint density at radius 3 is 2.70 bits per heavy atom. The molecular weight excluding hydrogens is 150 g/mol. The number of thioether (sulfide) groups is 1. The second-order valence-corrected chi connectivity index (χ2v) is 3.39. The molecule has 0 saturated carbocycles. The Balaban J connectivity index is 2.69. The van der Waals surface area contributed by atoms with Crippen molar-refractivity contribution in [1.29, 1.82) is 0 Å². The molecule has 1 atom stereocenters. The molecule has 1 heterocycles. The van der Waals surface area contributed by atoms with Gasteiger partial charge in [-0.2, -0.15) is 0 Å². The zero-order valence-corrected chi connectivity index (χ0v) is 6.70. The fourth-order valence-corrected chi connectivity index (χ4v) is 1.60. The Labute approximate surface area is 63.6 Å². The first-order chi connectivity index (χ1) is 4.66. The van der Waals surface area contributed by atoms with Gasteiger partial charge in [-0.1, -0.05) is 0 Å². The molecule has 0 aromatic carbocycles. The average molecular weight is 159 g/mol. The van der Waals surface area contributed by atoms with Crippen molar-refractivity contribution in [2.45, 2.75) is 12.2 Å². The highest BCUT2D eigenvalue weighted by Crippen LogP contribution is 2.38. The lowest BCUT2D eigenvalue weighted by atomic mass is 10.3. The maximum absolute atomic E-state index is 10.8. The molecule has 0 aliphatic carbocycles. The summed E-state index contributed by atoms with van der Waals surface area (Å²) >= 11 is 1.45. The Hall–Kier alpha value is -0.640. The molecule has 10 heavy (non-hydrogen) atoms. The largest absolute Gasteiger partial charge is 0.465 e. The molecule has 0 amide bonds. The minimum Gasteiger partial charge on any atom is -0.465 e. The van der Waals surface area contributed by atoms with Gasteiger partial charge in [-0.05, 0) is 6.92 Å². The number of hydrogen-bond donors (Lipinski definition) is 1. The molecule has 2 N–H and O–H groups in total. The predicted molar refractivity (Wildman–Crippen MR) is 40.3 cm³/mol. The number of ether oxygens (including phenoxy) is 1. The zero-order valence-electron chi connectivity index (χ0n) is 5.88. The van der Waals surface area contributed by atoms with Crippen LogP contribution in [0.4, 0.5) is 0 Å². The van der Waals surface area contributed by atoms with Crippen molar-refractivity contribution in [2.24, 2.45) is 5.73 Å². The standard InChI is InChI=1S/C6H9NO2S/c1-3-4(7)5(10-3)6(8)9-2/h3H,7H2,1-2H3. The van der Waals surface area contributed by atoms with Crippen molar-refractivity contribution < 1.29 is 9.53 Å². The summed E-state index contributed by atoms with van der Waals surface area (Å²) in [5.41, 5.74) is 6.15. The van der Waals surface area contributed by atoms with Crippen molar-refractivity contribution >= 4 is 17.7 Å². The molecule has 0 aromatic heterocycles. The molecule has 1 rings (SSSR count). The van der Waals surface area contributed by atoms with Crippen LogP contribution in [0, 0.1) is 0 Å². The number of esters is 1. The van der Waals surface area contributed by atoms with Gasteiger partial charge in [-0.25, -0.2) is 4.79 Å². The first kappa shape index (κ1) is 7.47. The maximum atomic E-state index is 10.8. The summed E-state index contributed by atoms with van der Waals surface area (Å²) in [6.45, 7) is 1.95. The molecule has 0 spiro atoms. The van der Waals surface area contributed by atoms with Gasteiger partial charge < -0.3 is 10.5 Å². The van der Waals surface area contributed by atoms with E-state index in [1.165, 1.54) is 18.9 Å². The summed E-state index contributed by atoms with van der Waals surface area (Å²) < 4.78 is 4.48. The van der Waals surface area contributed by atoms with Gasteiger partial charge in [0.2, 0.25) is 0 Å². The van der Waals surface area contributed by atoms with Gasteiger partial charge in [0.25, 0.3) is 0 Å². The van der Waals surface area contributed by atoms with E-state index in [1.807, 2.05) is 6.92 Å². The first-order valence-electron chi connectivity index (χ1n) is 2.91. The van der Waals surface area contributed by atoms with Gasteiger partial charge in [-0.3, -0.25) is 0 Å². The molecule has 0 aromatic rings. The molecule has 0 fully saturated rings. The van der Waals surface area contributed by atoms with Gasteiger partial charge in [0.1, 0.15) is 4.91 Å². The van der Waals surface area contributed by atoms with Crippen LogP contribution in [0.3, 0.4) is 0 Å². The van der Waals surface area contributed by atoms with Gasteiger partial charge >= 0.3 is 5.97 Å². The van der Waals surface area contributed by atoms with E-state index in [0.717, 1.165) is 0 Å². The predicted octanol–water partition coefficient (Wildman–Crippen LogP) is 0.465. The lowest BCUT2D eigenvalue weighted by molar-refractivity contribution is -0.135. The Bertz CT molecular complexity index is 200. The van der Waals surface area contributed by atoms with Crippen molar-refractivity contribution in [1.82, 2.24) is 0 Å². The SMILES string of the molecule is COC(=O)C1=C(N)C(C)S1. The van der Waals surface area contributed by atoms with Gasteiger partial charge in [-0.15, -0.1) is 11.8 Å². The molecule has 1 aliphatic rings.